The van der Waals surface area contributed by atoms with Gasteiger partial charge < -0.3 is 14.8 Å². The molecule has 0 saturated heterocycles. The lowest BCUT2D eigenvalue weighted by Crippen LogP contribution is -2.32. The highest BCUT2D eigenvalue weighted by Gasteiger charge is 2.06. The molecule has 0 radical (unpaired) electrons. The number of rotatable bonds is 8. The van der Waals surface area contributed by atoms with Crippen LogP contribution in [0, 0.1) is 0 Å². The molecule has 3 nitrogen and oxygen atoms in total. The highest BCUT2D eigenvalue weighted by molar-refractivity contribution is 4.61. The molecule has 2 unspecified atom stereocenters. The quantitative estimate of drug-likeness (QED) is 0.626. The second-order valence-corrected chi connectivity index (χ2v) is 3.20. The van der Waals surface area contributed by atoms with Crippen LogP contribution in [0.5, 0.6) is 0 Å². The van der Waals surface area contributed by atoms with E-state index >= 15 is 0 Å². The van der Waals surface area contributed by atoms with Crippen LogP contribution >= 0.6 is 0 Å². The fourth-order valence-corrected chi connectivity index (χ4v) is 1.02. The van der Waals surface area contributed by atoms with Gasteiger partial charge in [-0.1, -0.05) is 6.92 Å². The molecule has 0 aromatic carbocycles. The first-order valence-electron chi connectivity index (χ1n) is 5.11. The number of hydrogen-bond donors (Lipinski definition) is 1. The highest BCUT2D eigenvalue weighted by atomic mass is 16.5. The standard InChI is InChI=1S/C10H23NO2/c1-5-10(11-4)8-13-9(3)7-12-6-2/h9-11H,5-8H2,1-4H3. The van der Waals surface area contributed by atoms with Crippen molar-refractivity contribution < 1.29 is 9.47 Å². The van der Waals surface area contributed by atoms with Crippen LogP contribution in [0.4, 0.5) is 0 Å². The van der Waals surface area contributed by atoms with E-state index in [1.165, 1.54) is 0 Å². The minimum absolute atomic E-state index is 0.197. The fraction of sp³-hybridized carbons (Fsp3) is 1.00. The van der Waals surface area contributed by atoms with Gasteiger partial charge in [-0.2, -0.15) is 0 Å². The van der Waals surface area contributed by atoms with Crippen molar-refractivity contribution >= 4 is 0 Å². The highest BCUT2D eigenvalue weighted by Crippen LogP contribution is 1.96. The Kier molecular flexibility index (Phi) is 8.40. The zero-order chi connectivity index (χ0) is 10.1. The predicted octanol–water partition coefficient (Wildman–Crippen LogP) is 1.43. The molecule has 0 aromatic rings. The van der Waals surface area contributed by atoms with Gasteiger partial charge in [0.15, 0.2) is 0 Å². The smallest absolute Gasteiger partial charge is 0.0781 e. The third kappa shape index (κ3) is 6.99. The van der Waals surface area contributed by atoms with E-state index in [0.717, 1.165) is 19.6 Å². The Bertz CT molecular complexity index is 105. The van der Waals surface area contributed by atoms with Gasteiger partial charge in [0.1, 0.15) is 0 Å². The largest absolute Gasteiger partial charge is 0.379 e. The number of ether oxygens (including phenoxy) is 2. The van der Waals surface area contributed by atoms with Crippen LogP contribution in [0.25, 0.3) is 0 Å². The molecule has 0 heterocycles. The van der Waals surface area contributed by atoms with Gasteiger partial charge in [-0.05, 0) is 27.3 Å². The van der Waals surface area contributed by atoms with Crippen molar-refractivity contribution in [1.29, 1.82) is 0 Å². The summed E-state index contributed by atoms with van der Waals surface area (Å²) in [5, 5.41) is 3.20. The van der Waals surface area contributed by atoms with Crippen molar-refractivity contribution in [2.24, 2.45) is 0 Å². The zero-order valence-electron chi connectivity index (χ0n) is 9.30. The van der Waals surface area contributed by atoms with Crippen molar-refractivity contribution in [3.63, 3.8) is 0 Å². The third-order valence-electron chi connectivity index (χ3n) is 2.04. The average molecular weight is 189 g/mol. The van der Waals surface area contributed by atoms with Crippen molar-refractivity contribution in [3.8, 4) is 0 Å². The summed E-state index contributed by atoms with van der Waals surface area (Å²) in [5.41, 5.74) is 0. The summed E-state index contributed by atoms with van der Waals surface area (Å²) >= 11 is 0. The Labute approximate surface area is 81.8 Å². The van der Waals surface area contributed by atoms with E-state index in [2.05, 4.69) is 12.2 Å². The minimum atomic E-state index is 0.197. The van der Waals surface area contributed by atoms with Gasteiger partial charge in [-0.3, -0.25) is 0 Å². The molecule has 80 valence electrons. The lowest BCUT2D eigenvalue weighted by molar-refractivity contribution is -0.0110. The lowest BCUT2D eigenvalue weighted by atomic mass is 10.2. The maximum atomic E-state index is 5.60. The van der Waals surface area contributed by atoms with Crippen LogP contribution in [0.2, 0.25) is 0 Å². The molecule has 0 amide bonds. The molecule has 0 fully saturated rings. The van der Waals surface area contributed by atoms with E-state index in [1.54, 1.807) is 0 Å². The molecule has 3 heteroatoms. The Morgan fingerprint density at radius 1 is 1.23 bits per heavy atom. The second kappa shape index (κ2) is 8.48. The molecule has 0 aliphatic carbocycles. The van der Waals surface area contributed by atoms with E-state index in [1.807, 2.05) is 20.9 Å². The molecule has 0 spiro atoms. The molecule has 0 aliphatic rings. The normalized spacial score (nSPS) is 15.7. The maximum Gasteiger partial charge on any atom is 0.0781 e. The van der Waals surface area contributed by atoms with Gasteiger partial charge in [0, 0.05) is 12.6 Å². The van der Waals surface area contributed by atoms with Crippen LogP contribution in [0.15, 0.2) is 0 Å². The van der Waals surface area contributed by atoms with Crippen LogP contribution < -0.4 is 5.32 Å². The lowest BCUT2D eigenvalue weighted by Gasteiger charge is -2.18. The SMILES string of the molecule is CCOCC(C)OCC(CC)NC. The average Bonchev–Trinajstić information content (AvgIpc) is 2.16. The Hall–Kier alpha value is -0.120. The van der Waals surface area contributed by atoms with E-state index in [4.69, 9.17) is 9.47 Å². The van der Waals surface area contributed by atoms with Gasteiger partial charge in [0.05, 0.1) is 19.3 Å². The Morgan fingerprint density at radius 3 is 2.38 bits per heavy atom. The number of nitrogens with one attached hydrogen (secondary N) is 1. The van der Waals surface area contributed by atoms with Gasteiger partial charge in [0.25, 0.3) is 0 Å². The van der Waals surface area contributed by atoms with Crippen LogP contribution in [0.3, 0.4) is 0 Å². The predicted molar refractivity (Wildman–Crippen MR) is 55.0 cm³/mol. The van der Waals surface area contributed by atoms with Crippen LogP contribution in [0.1, 0.15) is 27.2 Å². The molecule has 0 aliphatic heterocycles. The van der Waals surface area contributed by atoms with Gasteiger partial charge in [-0.25, -0.2) is 0 Å². The summed E-state index contributed by atoms with van der Waals surface area (Å²) < 4.78 is 10.8. The van der Waals surface area contributed by atoms with Crippen molar-refractivity contribution in [2.45, 2.75) is 39.3 Å². The zero-order valence-corrected chi connectivity index (χ0v) is 9.30. The molecule has 1 N–H and O–H groups in total. The van der Waals surface area contributed by atoms with E-state index in [0.29, 0.717) is 12.6 Å². The topological polar surface area (TPSA) is 30.5 Å². The third-order valence-corrected chi connectivity index (χ3v) is 2.04. The first-order valence-corrected chi connectivity index (χ1v) is 5.11. The van der Waals surface area contributed by atoms with Gasteiger partial charge in [-0.15, -0.1) is 0 Å². The van der Waals surface area contributed by atoms with Crippen LogP contribution in [-0.4, -0.2) is 39.0 Å². The molecule has 0 bridgehead atoms. The second-order valence-electron chi connectivity index (χ2n) is 3.20. The van der Waals surface area contributed by atoms with Crippen molar-refractivity contribution in [3.05, 3.63) is 0 Å². The van der Waals surface area contributed by atoms with Crippen molar-refractivity contribution in [2.75, 3.05) is 26.9 Å². The van der Waals surface area contributed by atoms with Crippen molar-refractivity contribution in [1.82, 2.24) is 5.32 Å². The molecular formula is C10H23NO2. The summed E-state index contributed by atoms with van der Waals surface area (Å²) in [5.74, 6) is 0. The first-order chi connectivity index (χ1) is 6.24. The molecular weight excluding hydrogens is 166 g/mol. The van der Waals surface area contributed by atoms with Gasteiger partial charge in [0.2, 0.25) is 0 Å². The summed E-state index contributed by atoms with van der Waals surface area (Å²) in [6, 6.07) is 0.462. The van der Waals surface area contributed by atoms with E-state index in [-0.39, 0.29) is 6.10 Å². The summed E-state index contributed by atoms with van der Waals surface area (Å²) in [6.07, 6.45) is 1.29. The molecule has 13 heavy (non-hydrogen) atoms. The monoisotopic (exact) mass is 189 g/mol. The molecule has 0 rings (SSSR count). The number of hydrogen-bond acceptors (Lipinski definition) is 3. The van der Waals surface area contributed by atoms with E-state index in [9.17, 15) is 0 Å². The number of likely N-dealkylation sites (N-methyl/N-ethyl adjacent to an activating group) is 1. The Balaban J connectivity index is 3.38. The minimum Gasteiger partial charge on any atom is -0.379 e. The molecule has 2 atom stereocenters. The summed E-state index contributed by atoms with van der Waals surface area (Å²) in [7, 11) is 1.96. The first kappa shape index (κ1) is 12.9. The fourth-order valence-electron chi connectivity index (χ4n) is 1.02. The van der Waals surface area contributed by atoms with Crippen LogP contribution in [-0.2, 0) is 9.47 Å². The Morgan fingerprint density at radius 2 is 1.92 bits per heavy atom. The summed E-state index contributed by atoms with van der Waals surface area (Å²) in [4.78, 5) is 0. The van der Waals surface area contributed by atoms with Gasteiger partial charge >= 0.3 is 0 Å². The summed E-state index contributed by atoms with van der Waals surface area (Å²) in [6.45, 7) is 8.40. The molecule has 0 saturated carbocycles. The maximum absolute atomic E-state index is 5.60. The van der Waals surface area contributed by atoms with E-state index < -0.39 is 0 Å². The molecule has 0 aromatic heterocycles.